The first-order valence-corrected chi connectivity index (χ1v) is 4.66. The van der Waals surface area contributed by atoms with Crippen molar-refractivity contribution in [2.45, 2.75) is 19.9 Å². The van der Waals surface area contributed by atoms with Crippen LogP contribution in [0.2, 0.25) is 0 Å². The highest BCUT2D eigenvalue weighted by atomic mass is 16.2. The smallest absolute Gasteiger partial charge is 0.291 e. The van der Waals surface area contributed by atoms with Gasteiger partial charge in [0.25, 0.3) is 5.91 Å². The second-order valence-corrected chi connectivity index (χ2v) is 3.38. The van der Waals surface area contributed by atoms with Gasteiger partial charge in [0.1, 0.15) is 0 Å². The second-order valence-electron chi connectivity index (χ2n) is 3.38. The molecule has 6 nitrogen and oxygen atoms in total. The molecule has 1 rings (SSSR count). The second kappa shape index (κ2) is 4.59. The third-order valence-corrected chi connectivity index (χ3v) is 1.92. The molecule has 0 aromatic carbocycles. The van der Waals surface area contributed by atoms with Crippen LogP contribution in [-0.2, 0) is 0 Å². The minimum Gasteiger partial charge on any atom is -0.366 e. The molecule has 0 unspecified atom stereocenters. The van der Waals surface area contributed by atoms with Gasteiger partial charge < -0.3 is 10.6 Å². The standard InChI is InChI=1S/C9H15N5O/c1-4-5-14(6(2)3)8(15)7-11-9(10)13-12-7/h4,6H,1,5H2,2-3H3,(H3,10,11,12,13). The van der Waals surface area contributed by atoms with E-state index in [1.165, 1.54) is 0 Å². The average molecular weight is 209 g/mol. The first-order valence-electron chi connectivity index (χ1n) is 4.66. The van der Waals surface area contributed by atoms with E-state index in [2.05, 4.69) is 21.8 Å². The quantitative estimate of drug-likeness (QED) is 0.703. The molecule has 1 heterocycles. The van der Waals surface area contributed by atoms with Gasteiger partial charge in [0.2, 0.25) is 11.8 Å². The number of aromatic amines is 1. The van der Waals surface area contributed by atoms with E-state index in [-0.39, 0.29) is 23.7 Å². The summed E-state index contributed by atoms with van der Waals surface area (Å²) >= 11 is 0. The molecule has 0 saturated carbocycles. The zero-order valence-electron chi connectivity index (χ0n) is 8.90. The fraction of sp³-hybridized carbons (Fsp3) is 0.444. The number of nitrogens with one attached hydrogen (secondary N) is 1. The van der Waals surface area contributed by atoms with Crippen LogP contribution >= 0.6 is 0 Å². The summed E-state index contributed by atoms with van der Waals surface area (Å²) in [6.45, 7) is 7.90. The van der Waals surface area contributed by atoms with Crippen molar-refractivity contribution < 1.29 is 4.79 Å². The molecular weight excluding hydrogens is 194 g/mol. The van der Waals surface area contributed by atoms with Crippen molar-refractivity contribution in [1.29, 1.82) is 0 Å². The number of nitrogen functional groups attached to an aromatic ring is 1. The number of anilines is 1. The summed E-state index contributed by atoms with van der Waals surface area (Å²) in [6.07, 6.45) is 1.66. The maximum absolute atomic E-state index is 11.9. The largest absolute Gasteiger partial charge is 0.366 e. The number of amides is 1. The summed E-state index contributed by atoms with van der Waals surface area (Å²) in [5.74, 6) is -0.00203. The summed E-state index contributed by atoms with van der Waals surface area (Å²) in [7, 11) is 0. The van der Waals surface area contributed by atoms with E-state index in [1.54, 1.807) is 11.0 Å². The number of carbonyl (C=O) groups is 1. The zero-order valence-corrected chi connectivity index (χ0v) is 8.90. The molecule has 1 aromatic rings. The predicted octanol–water partition coefficient (Wildman–Crippen LogP) is 0.423. The lowest BCUT2D eigenvalue weighted by Crippen LogP contribution is -2.37. The van der Waals surface area contributed by atoms with Crippen LogP contribution in [0.3, 0.4) is 0 Å². The lowest BCUT2D eigenvalue weighted by Gasteiger charge is -2.23. The van der Waals surface area contributed by atoms with Crippen molar-refractivity contribution in [1.82, 2.24) is 20.1 Å². The Morgan fingerprint density at radius 2 is 2.40 bits per heavy atom. The van der Waals surface area contributed by atoms with Crippen LogP contribution < -0.4 is 5.73 Å². The van der Waals surface area contributed by atoms with Gasteiger partial charge in [0.05, 0.1) is 0 Å². The molecule has 0 fully saturated rings. The molecule has 0 radical (unpaired) electrons. The molecule has 0 spiro atoms. The van der Waals surface area contributed by atoms with Crippen molar-refractivity contribution in [3.8, 4) is 0 Å². The maximum atomic E-state index is 11.9. The minimum absolute atomic E-state index is 0.0701. The lowest BCUT2D eigenvalue weighted by atomic mass is 10.3. The van der Waals surface area contributed by atoms with E-state index in [1.807, 2.05) is 13.8 Å². The fourth-order valence-electron chi connectivity index (χ4n) is 1.17. The van der Waals surface area contributed by atoms with Gasteiger partial charge in [-0.25, -0.2) is 0 Å². The molecule has 82 valence electrons. The third kappa shape index (κ3) is 2.55. The molecule has 0 atom stereocenters. The first kappa shape index (κ1) is 11.2. The summed E-state index contributed by atoms with van der Waals surface area (Å²) in [5, 5.41) is 6.10. The van der Waals surface area contributed by atoms with Crippen LogP contribution in [0.15, 0.2) is 12.7 Å². The third-order valence-electron chi connectivity index (χ3n) is 1.92. The van der Waals surface area contributed by atoms with Crippen LogP contribution in [0.1, 0.15) is 24.5 Å². The summed E-state index contributed by atoms with van der Waals surface area (Å²) < 4.78 is 0. The van der Waals surface area contributed by atoms with Crippen molar-refractivity contribution in [2.24, 2.45) is 0 Å². The number of nitrogens with zero attached hydrogens (tertiary/aromatic N) is 3. The van der Waals surface area contributed by atoms with Crippen molar-refractivity contribution >= 4 is 11.9 Å². The van der Waals surface area contributed by atoms with E-state index in [9.17, 15) is 4.79 Å². The number of aromatic nitrogens is 3. The highest BCUT2D eigenvalue weighted by Gasteiger charge is 2.20. The van der Waals surface area contributed by atoms with Gasteiger partial charge in [-0.05, 0) is 13.8 Å². The molecule has 0 bridgehead atoms. The van der Waals surface area contributed by atoms with Crippen molar-refractivity contribution in [3.63, 3.8) is 0 Å². The molecule has 3 N–H and O–H groups in total. The Balaban J connectivity index is 2.85. The molecule has 6 heteroatoms. The molecule has 15 heavy (non-hydrogen) atoms. The Hall–Kier alpha value is -1.85. The van der Waals surface area contributed by atoms with E-state index in [0.717, 1.165) is 0 Å². The SMILES string of the molecule is C=CCN(C(=O)c1nc(N)n[nH]1)C(C)C. The topological polar surface area (TPSA) is 87.9 Å². The highest BCUT2D eigenvalue weighted by molar-refractivity contribution is 5.91. The van der Waals surface area contributed by atoms with Crippen LogP contribution in [0, 0.1) is 0 Å². The number of nitrogens with two attached hydrogens (primary N) is 1. The van der Waals surface area contributed by atoms with Gasteiger partial charge in [-0.3, -0.25) is 9.89 Å². The summed E-state index contributed by atoms with van der Waals surface area (Å²) in [6, 6.07) is 0.0711. The van der Waals surface area contributed by atoms with Crippen LogP contribution in [0.5, 0.6) is 0 Å². The monoisotopic (exact) mass is 209 g/mol. The Morgan fingerprint density at radius 3 is 2.80 bits per heavy atom. The van der Waals surface area contributed by atoms with E-state index < -0.39 is 0 Å². The number of hydrogen-bond acceptors (Lipinski definition) is 4. The molecule has 0 aliphatic carbocycles. The van der Waals surface area contributed by atoms with Crippen LogP contribution in [0.4, 0.5) is 5.95 Å². The Kier molecular flexibility index (Phi) is 3.43. The lowest BCUT2D eigenvalue weighted by molar-refractivity contribution is 0.0717. The van der Waals surface area contributed by atoms with Gasteiger partial charge in [0.15, 0.2) is 0 Å². The molecule has 1 aromatic heterocycles. The van der Waals surface area contributed by atoms with E-state index in [4.69, 9.17) is 5.73 Å². The molecular formula is C9H15N5O. The van der Waals surface area contributed by atoms with E-state index in [0.29, 0.717) is 6.54 Å². The summed E-state index contributed by atoms with van der Waals surface area (Å²) in [5.41, 5.74) is 5.32. The molecule has 1 amide bonds. The molecule has 0 saturated heterocycles. The Morgan fingerprint density at radius 1 is 1.73 bits per heavy atom. The zero-order chi connectivity index (χ0) is 11.4. The first-order chi connectivity index (χ1) is 7.06. The molecule has 0 aliphatic heterocycles. The van der Waals surface area contributed by atoms with Crippen molar-refractivity contribution in [2.75, 3.05) is 12.3 Å². The van der Waals surface area contributed by atoms with Crippen molar-refractivity contribution in [3.05, 3.63) is 18.5 Å². The van der Waals surface area contributed by atoms with Crippen LogP contribution in [0.25, 0.3) is 0 Å². The maximum Gasteiger partial charge on any atom is 0.291 e. The van der Waals surface area contributed by atoms with E-state index >= 15 is 0 Å². The molecule has 0 aliphatic rings. The average Bonchev–Trinajstić information content (AvgIpc) is 2.59. The van der Waals surface area contributed by atoms with Gasteiger partial charge in [0, 0.05) is 12.6 Å². The minimum atomic E-state index is -0.228. The van der Waals surface area contributed by atoms with Gasteiger partial charge >= 0.3 is 0 Å². The number of carbonyl (C=O) groups excluding carboxylic acids is 1. The highest BCUT2D eigenvalue weighted by Crippen LogP contribution is 2.05. The normalized spacial score (nSPS) is 10.3. The van der Waals surface area contributed by atoms with Gasteiger partial charge in [-0.15, -0.1) is 11.7 Å². The number of H-pyrrole nitrogens is 1. The Labute approximate surface area is 88.2 Å². The summed E-state index contributed by atoms with van der Waals surface area (Å²) in [4.78, 5) is 17.3. The Bertz CT molecular complexity index is 357. The number of rotatable bonds is 4. The fourth-order valence-corrected chi connectivity index (χ4v) is 1.17. The number of hydrogen-bond donors (Lipinski definition) is 2. The van der Waals surface area contributed by atoms with Gasteiger partial charge in [-0.2, -0.15) is 4.98 Å². The van der Waals surface area contributed by atoms with Gasteiger partial charge in [-0.1, -0.05) is 6.08 Å². The predicted molar refractivity (Wildman–Crippen MR) is 57.2 cm³/mol. The van der Waals surface area contributed by atoms with Crippen LogP contribution in [-0.4, -0.2) is 38.6 Å².